The maximum atomic E-state index is 11.0. The molecule has 0 heterocycles. The van der Waals surface area contributed by atoms with E-state index in [1.54, 1.807) is 18.2 Å². The van der Waals surface area contributed by atoms with Gasteiger partial charge < -0.3 is 4.74 Å². The van der Waals surface area contributed by atoms with Gasteiger partial charge in [-0.05, 0) is 49.8 Å². The van der Waals surface area contributed by atoms with Crippen molar-refractivity contribution in [3.8, 4) is 5.75 Å². The number of hydrogen-bond acceptors (Lipinski definition) is 2. The summed E-state index contributed by atoms with van der Waals surface area (Å²) in [7, 11) is 0. The molecular formula is C15H19ClO2. The second-order valence-corrected chi connectivity index (χ2v) is 5.41. The molecule has 2 nitrogen and oxygen atoms in total. The Hall–Kier alpha value is -1.02. The van der Waals surface area contributed by atoms with Gasteiger partial charge in [-0.25, -0.2) is 0 Å². The summed E-state index contributed by atoms with van der Waals surface area (Å²) in [6.07, 6.45) is 6.93. The number of ether oxygens (including phenoxy) is 1. The van der Waals surface area contributed by atoms with E-state index < -0.39 is 0 Å². The Morgan fingerprint density at radius 2 is 2.06 bits per heavy atom. The summed E-state index contributed by atoms with van der Waals surface area (Å²) in [4.78, 5) is 11.0. The van der Waals surface area contributed by atoms with E-state index in [9.17, 15) is 4.79 Å². The highest BCUT2D eigenvalue weighted by Crippen LogP contribution is 2.30. The van der Waals surface area contributed by atoms with Crippen LogP contribution in [0.4, 0.5) is 0 Å². The molecule has 0 unspecified atom stereocenters. The van der Waals surface area contributed by atoms with E-state index in [0.717, 1.165) is 25.0 Å². The van der Waals surface area contributed by atoms with Gasteiger partial charge in [0, 0.05) is 5.02 Å². The molecule has 0 radical (unpaired) electrons. The quantitative estimate of drug-likeness (QED) is 0.750. The van der Waals surface area contributed by atoms with Crippen molar-refractivity contribution >= 4 is 17.9 Å². The van der Waals surface area contributed by atoms with Gasteiger partial charge in [0.05, 0.1) is 11.7 Å². The van der Waals surface area contributed by atoms with Crippen LogP contribution >= 0.6 is 11.6 Å². The van der Waals surface area contributed by atoms with E-state index in [1.165, 1.54) is 19.3 Å². The molecule has 0 spiro atoms. The van der Waals surface area contributed by atoms with Crippen molar-refractivity contribution < 1.29 is 9.53 Å². The molecule has 1 aromatic carbocycles. The van der Waals surface area contributed by atoms with Crippen LogP contribution in [0.3, 0.4) is 0 Å². The molecule has 1 aromatic rings. The van der Waals surface area contributed by atoms with Crippen LogP contribution in [0.25, 0.3) is 0 Å². The fraction of sp³-hybridized carbons (Fsp3) is 0.533. The number of aldehydes is 1. The third-order valence-corrected chi connectivity index (χ3v) is 4.00. The summed E-state index contributed by atoms with van der Waals surface area (Å²) in [6, 6.07) is 5.21. The molecule has 3 heteroatoms. The summed E-state index contributed by atoms with van der Waals surface area (Å²) in [6.45, 7) is 2.25. The summed E-state index contributed by atoms with van der Waals surface area (Å²) in [5.74, 6) is 1.51. The first kappa shape index (κ1) is 13.4. The Morgan fingerprint density at radius 3 is 2.67 bits per heavy atom. The van der Waals surface area contributed by atoms with Crippen molar-refractivity contribution in [1.82, 2.24) is 0 Å². The summed E-state index contributed by atoms with van der Waals surface area (Å²) in [5, 5.41) is 0.569. The van der Waals surface area contributed by atoms with Gasteiger partial charge in [0.2, 0.25) is 0 Å². The number of benzene rings is 1. The third kappa shape index (κ3) is 3.26. The average Bonchev–Trinajstić information content (AvgIpc) is 2.41. The van der Waals surface area contributed by atoms with Crippen molar-refractivity contribution in [3.05, 3.63) is 28.8 Å². The molecule has 98 valence electrons. The van der Waals surface area contributed by atoms with Gasteiger partial charge in [-0.1, -0.05) is 24.9 Å². The van der Waals surface area contributed by atoms with Gasteiger partial charge in [0.15, 0.2) is 6.29 Å². The van der Waals surface area contributed by atoms with E-state index in [0.29, 0.717) is 16.3 Å². The zero-order valence-electron chi connectivity index (χ0n) is 10.7. The van der Waals surface area contributed by atoms with Crippen molar-refractivity contribution in [2.24, 2.45) is 5.92 Å². The van der Waals surface area contributed by atoms with Crippen LogP contribution in [0.2, 0.25) is 5.02 Å². The summed E-state index contributed by atoms with van der Waals surface area (Å²) >= 11 is 5.86. The van der Waals surface area contributed by atoms with Gasteiger partial charge in [-0.15, -0.1) is 0 Å². The van der Waals surface area contributed by atoms with E-state index >= 15 is 0 Å². The summed E-state index contributed by atoms with van der Waals surface area (Å²) < 4.78 is 5.94. The molecular weight excluding hydrogens is 248 g/mol. The van der Waals surface area contributed by atoms with E-state index in [2.05, 4.69) is 6.92 Å². The fourth-order valence-corrected chi connectivity index (χ4v) is 2.74. The second kappa shape index (κ2) is 6.24. The van der Waals surface area contributed by atoms with E-state index in [-0.39, 0.29) is 6.10 Å². The summed E-state index contributed by atoms with van der Waals surface area (Å²) in [5.41, 5.74) is 0.542. The lowest BCUT2D eigenvalue weighted by atomic mass is 9.86. The minimum absolute atomic E-state index is 0.243. The molecule has 0 N–H and O–H groups in total. The number of carbonyl (C=O) groups excluding carboxylic acids is 1. The lowest BCUT2D eigenvalue weighted by molar-refractivity contribution is 0.109. The van der Waals surface area contributed by atoms with E-state index in [4.69, 9.17) is 16.3 Å². The fourth-order valence-electron chi connectivity index (χ4n) is 2.56. The van der Waals surface area contributed by atoms with Gasteiger partial charge in [-0.2, -0.15) is 0 Å². The molecule has 0 amide bonds. The molecule has 0 bridgehead atoms. The minimum atomic E-state index is 0.243. The molecule has 0 aromatic heterocycles. The predicted molar refractivity (Wildman–Crippen MR) is 73.5 cm³/mol. The highest BCUT2D eigenvalue weighted by atomic mass is 35.5. The minimum Gasteiger partial charge on any atom is -0.490 e. The van der Waals surface area contributed by atoms with Crippen molar-refractivity contribution in [2.45, 2.75) is 45.1 Å². The van der Waals surface area contributed by atoms with Crippen LogP contribution in [-0.2, 0) is 0 Å². The average molecular weight is 267 g/mol. The molecule has 0 atom stereocenters. The Labute approximate surface area is 113 Å². The lowest BCUT2D eigenvalue weighted by Gasteiger charge is -2.28. The van der Waals surface area contributed by atoms with E-state index in [1.807, 2.05) is 0 Å². The van der Waals surface area contributed by atoms with Crippen LogP contribution in [0.1, 0.15) is 49.4 Å². The standard InChI is InChI=1S/C15H19ClO2/c1-2-11-3-6-14(7-4-11)18-15-8-5-13(16)9-12(15)10-17/h5,8-11,14H,2-4,6-7H2,1H3. The molecule has 1 saturated carbocycles. The van der Waals surface area contributed by atoms with Crippen molar-refractivity contribution in [2.75, 3.05) is 0 Å². The van der Waals surface area contributed by atoms with Crippen LogP contribution < -0.4 is 4.74 Å². The molecule has 0 saturated heterocycles. The van der Waals surface area contributed by atoms with Crippen LogP contribution in [0.5, 0.6) is 5.75 Å². The number of hydrogen-bond donors (Lipinski definition) is 0. The molecule has 1 aliphatic rings. The van der Waals surface area contributed by atoms with Crippen molar-refractivity contribution in [3.63, 3.8) is 0 Å². The molecule has 0 aliphatic heterocycles. The maximum Gasteiger partial charge on any atom is 0.153 e. The zero-order valence-corrected chi connectivity index (χ0v) is 11.5. The van der Waals surface area contributed by atoms with Gasteiger partial charge in [0.25, 0.3) is 0 Å². The first-order valence-corrected chi connectivity index (χ1v) is 7.02. The smallest absolute Gasteiger partial charge is 0.153 e. The second-order valence-electron chi connectivity index (χ2n) is 4.97. The third-order valence-electron chi connectivity index (χ3n) is 3.76. The van der Waals surface area contributed by atoms with Crippen LogP contribution in [0.15, 0.2) is 18.2 Å². The highest BCUT2D eigenvalue weighted by Gasteiger charge is 2.21. The topological polar surface area (TPSA) is 26.3 Å². The Kier molecular flexibility index (Phi) is 4.65. The van der Waals surface area contributed by atoms with Crippen LogP contribution in [0, 0.1) is 5.92 Å². The number of carbonyl (C=O) groups is 1. The number of rotatable bonds is 4. The predicted octanol–water partition coefficient (Wildman–Crippen LogP) is 4.50. The Bertz CT molecular complexity index is 409. The highest BCUT2D eigenvalue weighted by molar-refractivity contribution is 6.30. The van der Waals surface area contributed by atoms with Crippen LogP contribution in [-0.4, -0.2) is 12.4 Å². The molecule has 2 rings (SSSR count). The zero-order chi connectivity index (χ0) is 13.0. The molecule has 18 heavy (non-hydrogen) atoms. The van der Waals surface area contributed by atoms with Gasteiger partial charge >= 0.3 is 0 Å². The molecule has 1 fully saturated rings. The lowest BCUT2D eigenvalue weighted by Crippen LogP contribution is -2.24. The van der Waals surface area contributed by atoms with Gasteiger partial charge in [-0.3, -0.25) is 4.79 Å². The van der Waals surface area contributed by atoms with Crippen molar-refractivity contribution in [1.29, 1.82) is 0 Å². The Morgan fingerprint density at radius 1 is 1.33 bits per heavy atom. The first-order chi connectivity index (χ1) is 8.72. The molecule has 1 aliphatic carbocycles. The Balaban J connectivity index is 2.00. The first-order valence-electron chi connectivity index (χ1n) is 6.64. The van der Waals surface area contributed by atoms with Gasteiger partial charge in [0.1, 0.15) is 5.75 Å². The monoisotopic (exact) mass is 266 g/mol. The maximum absolute atomic E-state index is 11.0. The number of halogens is 1. The normalized spacial score (nSPS) is 23.7. The SMILES string of the molecule is CCC1CCC(Oc2ccc(Cl)cc2C=O)CC1. The largest absolute Gasteiger partial charge is 0.490 e.